The van der Waals surface area contributed by atoms with Gasteiger partial charge in [-0.05, 0) is 19.4 Å². The van der Waals surface area contributed by atoms with Crippen molar-refractivity contribution in [3.05, 3.63) is 32.7 Å². The molecule has 3 N–H and O–H groups in total. The third kappa shape index (κ3) is 1.38. The number of aromatic nitrogens is 1. The molecule has 0 aromatic carbocycles. The second-order valence-corrected chi connectivity index (χ2v) is 2.93. The topological polar surface area (TPSA) is 99.7 Å². The number of nitriles is 1. The number of aromatic amines is 1. The van der Waals surface area contributed by atoms with Crippen LogP contribution < -0.4 is 11.3 Å². The van der Waals surface area contributed by atoms with Crippen LogP contribution in [0.4, 0.5) is 0 Å². The molecule has 0 saturated carbocycles. The van der Waals surface area contributed by atoms with Crippen LogP contribution in [0, 0.1) is 25.2 Å². The molecule has 72 valence electrons. The second kappa shape index (κ2) is 3.34. The van der Waals surface area contributed by atoms with E-state index in [1.165, 1.54) is 0 Å². The van der Waals surface area contributed by atoms with Crippen LogP contribution in [-0.4, -0.2) is 10.9 Å². The van der Waals surface area contributed by atoms with Gasteiger partial charge < -0.3 is 10.7 Å². The molecule has 0 aliphatic heterocycles. The van der Waals surface area contributed by atoms with Gasteiger partial charge in [0.25, 0.3) is 11.5 Å². The first-order chi connectivity index (χ1) is 6.49. The van der Waals surface area contributed by atoms with Gasteiger partial charge in [-0.15, -0.1) is 0 Å². The molecule has 0 saturated heterocycles. The van der Waals surface area contributed by atoms with Gasteiger partial charge in [-0.1, -0.05) is 0 Å². The molecule has 1 aromatic rings. The van der Waals surface area contributed by atoms with Crippen LogP contribution in [0.2, 0.25) is 0 Å². The summed E-state index contributed by atoms with van der Waals surface area (Å²) in [4.78, 5) is 24.7. The zero-order valence-electron chi connectivity index (χ0n) is 7.84. The summed E-state index contributed by atoms with van der Waals surface area (Å²) in [7, 11) is 0. The molecular formula is C9H9N3O2. The Labute approximate surface area is 80.2 Å². The van der Waals surface area contributed by atoms with E-state index in [0.717, 1.165) is 0 Å². The Kier molecular flexibility index (Phi) is 2.38. The molecule has 5 heteroatoms. The number of nitrogens with one attached hydrogen (secondary N) is 1. The Morgan fingerprint density at radius 3 is 2.50 bits per heavy atom. The SMILES string of the molecule is Cc1[nH]c(=O)c(C(N)=O)c(C#N)c1C. The maximum atomic E-state index is 11.3. The first-order valence-electron chi connectivity index (χ1n) is 3.92. The molecule has 1 rings (SSSR count). The van der Waals surface area contributed by atoms with E-state index in [4.69, 9.17) is 11.0 Å². The Morgan fingerprint density at radius 1 is 1.50 bits per heavy atom. The van der Waals surface area contributed by atoms with Gasteiger partial charge in [0.2, 0.25) is 0 Å². The molecule has 0 fully saturated rings. The van der Waals surface area contributed by atoms with Crippen molar-refractivity contribution in [3.8, 4) is 6.07 Å². The molecule has 0 aliphatic carbocycles. The molecule has 0 radical (unpaired) electrons. The Morgan fingerprint density at radius 2 is 2.07 bits per heavy atom. The fraction of sp³-hybridized carbons (Fsp3) is 0.222. The van der Waals surface area contributed by atoms with E-state index in [1.807, 2.05) is 0 Å². The summed E-state index contributed by atoms with van der Waals surface area (Å²) in [6.07, 6.45) is 0. The van der Waals surface area contributed by atoms with Crippen molar-refractivity contribution in [2.45, 2.75) is 13.8 Å². The quantitative estimate of drug-likeness (QED) is 0.651. The normalized spacial score (nSPS) is 9.50. The van der Waals surface area contributed by atoms with Crippen LogP contribution in [0.1, 0.15) is 27.2 Å². The van der Waals surface area contributed by atoms with Crippen LogP contribution in [0.15, 0.2) is 4.79 Å². The minimum absolute atomic E-state index is 0.0544. The van der Waals surface area contributed by atoms with Crippen molar-refractivity contribution in [1.82, 2.24) is 4.98 Å². The van der Waals surface area contributed by atoms with Gasteiger partial charge in [-0.2, -0.15) is 5.26 Å². The first-order valence-corrected chi connectivity index (χ1v) is 3.92. The maximum Gasteiger partial charge on any atom is 0.262 e. The van der Waals surface area contributed by atoms with E-state index < -0.39 is 11.5 Å². The van der Waals surface area contributed by atoms with Crippen LogP contribution in [-0.2, 0) is 0 Å². The van der Waals surface area contributed by atoms with Crippen LogP contribution in [0.3, 0.4) is 0 Å². The highest BCUT2D eigenvalue weighted by molar-refractivity contribution is 5.95. The van der Waals surface area contributed by atoms with Crippen LogP contribution in [0.25, 0.3) is 0 Å². The number of H-pyrrole nitrogens is 1. The number of aryl methyl sites for hydroxylation is 1. The lowest BCUT2D eigenvalue weighted by molar-refractivity contribution is 0.0998. The Hall–Kier alpha value is -2.09. The summed E-state index contributed by atoms with van der Waals surface area (Å²) in [5.74, 6) is -0.883. The zero-order chi connectivity index (χ0) is 10.9. The number of primary amides is 1. The summed E-state index contributed by atoms with van der Waals surface area (Å²) in [5.41, 5.74) is 5.31. The number of rotatable bonds is 1. The Bertz CT molecular complexity index is 494. The van der Waals surface area contributed by atoms with E-state index in [0.29, 0.717) is 11.3 Å². The number of hydrogen-bond acceptors (Lipinski definition) is 3. The fourth-order valence-electron chi connectivity index (χ4n) is 1.19. The summed E-state index contributed by atoms with van der Waals surface area (Å²) in [6, 6.07) is 1.81. The predicted molar refractivity (Wildman–Crippen MR) is 49.8 cm³/mol. The number of carbonyl (C=O) groups excluding carboxylic acids is 1. The van der Waals surface area contributed by atoms with Crippen molar-refractivity contribution in [3.63, 3.8) is 0 Å². The third-order valence-electron chi connectivity index (χ3n) is 2.07. The fourth-order valence-corrected chi connectivity index (χ4v) is 1.19. The highest BCUT2D eigenvalue weighted by Crippen LogP contribution is 2.10. The van der Waals surface area contributed by atoms with Gasteiger partial charge in [0.1, 0.15) is 11.6 Å². The number of nitrogens with zero attached hydrogens (tertiary/aromatic N) is 1. The largest absolute Gasteiger partial charge is 0.365 e. The second-order valence-electron chi connectivity index (χ2n) is 2.93. The molecular weight excluding hydrogens is 182 g/mol. The van der Waals surface area contributed by atoms with Gasteiger partial charge >= 0.3 is 0 Å². The smallest absolute Gasteiger partial charge is 0.262 e. The molecule has 14 heavy (non-hydrogen) atoms. The average Bonchev–Trinajstić information content (AvgIpc) is 2.09. The molecule has 1 amide bonds. The number of hydrogen-bond donors (Lipinski definition) is 2. The van der Waals surface area contributed by atoms with Gasteiger partial charge in [0, 0.05) is 5.69 Å². The van der Waals surface area contributed by atoms with Gasteiger partial charge in [-0.3, -0.25) is 9.59 Å². The van der Waals surface area contributed by atoms with E-state index in [9.17, 15) is 9.59 Å². The first kappa shape index (κ1) is 9.99. The minimum Gasteiger partial charge on any atom is -0.365 e. The summed E-state index contributed by atoms with van der Waals surface area (Å²) in [5, 5.41) is 8.79. The zero-order valence-corrected chi connectivity index (χ0v) is 7.84. The molecule has 0 bridgehead atoms. The van der Waals surface area contributed by atoms with Crippen LogP contribution in [0.5, 0.6) is 0 Å². The number of nitrogens with two attached hydrogens (primary N) is 1. The van der Waals surface area contributed by atoms with Crippen LogP contribution >= 0.6 is 0 Å². The molecule has 1 aromatic heterocycles. The lowest BCUT2D eigenvalue weighted by Gasteiger charge is -2.04. The number of pyridine rings is 1. The molecule has 0 aliphatic rings. The van der Waals surface area contributed by atoms with Gasteiger partial charge in [0.15, 0.2) is 0 Å². The summed E-state index contributed by atoms with van der Waals surface area (Å²) < 4.78 is 0. The van der Waals surface area contributed by atoms with E-state index in [-0.39, 0.29) is 11.1 Å². The minimum atomic E-state index is -0.883. The molecule has 1 heterocycles. The molecule has 0 atom stereocenters. The van der Waals surface area contributed by atoms with Crippen molar-refractivity contribution in [1.29, 1.82) is 5.26 Å². The number of carbonyl (C=O) groups is 1. The van der Waals surface area contributed by atoms with E-state index in [2.05, 4.69) is 4.98 Å². The van der Waals surface area contributed by atoms with Crippen molar-refractivity contribution >= 4 is 5.91 Å². The standard InChI is InChI=1S/C9H9N3O2/c1-4-5(2)12-9(14)7(8(11)13)6(4)3-10/h1-2H3,(H2,11,13)(H,12,14). The highest BCUT2D eigenvalue weighted by atomic mass is 16.2. The van der Waals surface area contributed by atoms with Gasteiger partial charge in [0.05, 0.1) is 5.56 Å². The monoisotopic (exact) mass is 191 g/mol. The Balaban J connectivity index is 3.76. The summed E-state index contributed by atoms with van der Waals surface area (Å²) >= 11 is 0. The van der Waals surface area contributed by atoms with Crippen molar-refractivity contribution < 1.29 is 4.79 Å². The van der Waals surface area contributed by atoms with Crippen molar-refractivity contribution in [2.24, 2.45) is 5.73 Å². The molecule has 0 spiro atoms. The number of amides is 1. The molecule has 0 unspecified atom stereocenters. The lowest BCUT2D eigenvalue weighted by Crippen LogP contribution is -2.26. The summed E-state index contributed by atoms with van der Waals surface area (Å²) in [6.45, 7) is 3.30. The average molecular weight is 191 g/mol. The predicted octanol–water partition coefficient (Wildman–Crippen LogP) is -0.0377. The van der Waals surface area contributed by atoms with E-state index >= 15 is 0 Å². The molecule has 5 nitrogen and oxygen atoms in total. The van der Waals surface area contributed by atoms with Gasteiger partial charge in [-0.25, -0.2) is 0 Å². The maximum absolute atomic E-state index is 11.3. The highest BCUT2D eigenvalue weighted by Gasteiger charge is 2.16. The van der Waals surface area contributed by atoms with E-state index in [1.54, 1.807) is 19.9 Å². The third-order valence-corrected chi connectivity index (χ3v) is 2.07. The lowest BCUT2D eigenvalue weighted by atomic mass is 10.0. The van der Waals surface area contributed by atoms with Crippen molar-refractivity contribution in [2.75, 3.05) is 0 Å².